The summed E-state index contributed by atoms with van der Waals surface area (Å²) in [6.07, 6.45) is 5.09. The van der Waals surface area contributed by atoms with Crippen molar-refractivity contribution in [1.82, 2.24) is 8.10 Å². The van der Waals surface area contributed by atoms with Gasteiger partial charge >= 0.3 is 0 Å². The molecule has 2 heterocycles. The molecule has 1 aromatic heterocycles. The maximum absolute atomic E-state index is 4.13. The van der Waals surface area contributed by atoms with Crippen molar-refractivity contribution in [3.8, 4) is 0 Å². The predicted molar refractivity (Wildman–Crippen MR) is 57.2 cm³/mol. The van der Waals surface area contributed by atoms with E-state index in [1.165, 1.54) is 25.1 Å². The topological polar surface area (TPSA) is 16.1 Å². The lowest BCUT2D eigenvalue weighted by molar-refractivity contribution is 0.620. The van der Waals surface area contributed by atoms with Crippen LogP contribution in [0.25, 0.3) is 0 Å². The van der Waals surface area contributed by atoms with E-state index >= 15 is 0 Å². The molecule has 2 rings (SSSR count). The molecule has 1 aliphatic heterocycles. The van der Waals surface area contributed by atoms with Crippen molar-refractivity contribution in [2.24, 2.45) is 0 Å². The molecule has 0 aromatic carbocycles. The lowest BCUT2D eigenvalue weighted by Gasteiger charge is -2.08. The summed E-state index contributed by atoms with van der Waals surface area (Å²) in [4.78, 5) is 4.13. The first-order valence-corrected chi connectivity index (χ1v) is 5.13. The largest absolute Gasteiger partial charge is 0.264 e. The van der Waals surface area contributed by atoms with Gasteiger partial charge in [-0.2, -0.15) is 0 Å². The minimum absolute atomic E-state index is 0.704. The third-order valence-corrected chi connectivity index (χ3v) is 3.17. The van der Waals surface area contributed by atoms with Gasteiger partial charge in [0.1, 0.15) is 0 Å². The first-order chi connectivity index (χ1) is 5.86. The molecule has 0 radical (unpaired) electrons. The van der Waals surface area contributed by atoms with Gasteiger partial charge in [-0.1, -0.05) is 6.07 Å². The first kappa shape index (κ1) is 8.44. The summed E-state index contributed by atoms with van der Waals surface area (Å²) in [5.74, 6) is 0.704. The Kier molecular flexibility index (Phi) is 2.60. The van der Waals surface area contributed by atoms with Crippen molar-refractivity contribution in [1.29, 1.82) is 0 Å². The molecule has 1 fully saturated rings. The Hall–Kier alpha value is -0.160. The second-order valence-corrected chi connectivity index (χ2v) is 4.51. The fraction of sp³-hybridized carbons (Fsp3) is 0.444. The van der Waals surface area contributed by atoms with Crippen LogP contribution in [0, 0.1) is 0 Å². The Bertz CT molecular complexity index is 250. The van der Waals surface area contributed by atoms with E-state index in [1.807, 2.05) is 18.5 Å². The van der Waals surface area contributed by atoms with Crippen molar-refractivity contribution in [2.75, 3.05) is 13.1 Å². The zero-order valence-corrected chi connectivity index (χ0v) is 8.94. The molecule has 0 spiro atoms. The van der Waals surface area contributed by atoms with Crippen molar-refractivity contribution >= 4 is 22.9 Å². The molecule has 2 nitrogen and oxygen atoms in total. The standard InChI is InChI=1S/C9H11IN2/c10-12-5-3-9(7-12)8-2-1-4-11-6-8/h1-2,4,6,9H,3,5,7H2. The number of halogens is 1. The summed E-state index contributed by atoms with van der Waals surface area (Å²) in [6.45, 7) is 2.38. The molecule has 1 atom stereocenters. The number of pyridine rings is 1. The molecule has 12 heavy (non-hydrogen) atoms. The zero-order chi connectivity index (χ0) is 8.39. The van der Waals surface area contributed by atoms with Gasteiger partial charge in [-0.05, 0) is 18.1 Å². The van der Waals surface area contributed by atoms with Gasteiger partial charge in [-0.15, -0.1) is 0 Å². The van der Waals surface area contributed by atoms with Crippen LogP contribution in [0.5, 0.6) is 0 Å². The molecule has 0 saturated carbocycles. The average Bonchev–Trinajstić information content (AvgIpc) is 2.54. The van der Waals surface area contributed by atoms with Crippen LogP contribution < -0.4 is 0 Å². The fourth-order valence-corrected chi connectivity index (χ4v) is 2.36. The Morgan fingerprint density at radius 1 is 1.58 bits per heavy atom. The number of hydrogen-bond donors (Lipinski definition) is 0. The van der Waals surface area contributed by atoms with Gasteiger partial charge < -0.3 is 0 Å². The minimum Gasteiger partial charge on any atom is -0.264 e. The third kappa shape index (κ3) is 1.77. The van der Waals surface area contributed by atoms with E-state index in [0.29, 0.717) is 5.92 Å². The van der Waals surface area contributed by atoms with Crippen molar-refractivity contribution < 1.29 is 0 Å². The molecule has 1 aliphatic rings. The quantitative estimate of drug-likeness (QED) is 0.576. The van der Waals surface area contributed by atoms with E-state index in [1.54, 1.807) is 0 Å². The van der Waals surface area contributed by atoms with Gasteiger partial charge in [-0.3, -0.25) is 4.98 Å². The van der Waals surface area contributed by atoms with Gasteiger partial charge in [0.15, 0.2) is 0 Å². The van der Waals surface area contributed by atoms with Crippen LogP contribution in [-0.2, 0) is 0 Å². The van der Waals surface area contributed by atoms with Crippen LogP contribution in [-0.4, -0.2) is 21.2 Å². The molecule has 0 N–H and O–H groups in total. The third-order valence-electron chi connectivity index (χ3n) is 2.29. The van der Waals surface area contributed by atoms with Crippen molar-refractivity contribution in [2.45, 2.75) is 12.3 Å². The Balaban J connectivity index is 2.11. The summed E-state index contributed by atoms with van der Waals surface area (Å²) in [5, 5.41) is 0. The SMILES string of the molecule is IN1CCC(c2cccnc2)C1. The Labute approximate surface area is 86.5 Å². The molecule has 1 saturated heterocycles. The summed E-state index contributed by atoms with van der Waals surface area (Å²) >= 11 is 2.39. The molecule has 0 aliphatic carbocycles. The van der Waals surface area contributed by atoms with Crippen LogP contribution in [0.1, 0.15) is 17.9 Å². The fourth-order valence-electron chi connectivity index (χ4n) is 1.61. The Morgan fingerprint density at radius 3 is 3.08 bits per heavy atom. The normalized spacial score (nSPS) is 24.6. The smallest absolute Gasteiger partial charge is 0.0303 e. The summed E-state index contributed by atoms with van der Waals surface area (Å²) in [7, 11) is 0. The van der Waals surface area contributed by atoms with E-state index in [-0.39, 0.29) is 0 Å². The summed E-state index contributed by atoms with van der Waals surface area (Å²) in [5.41, 5.74) is 1.39. The van der Waals surface area contributed by atoms with Crippen molar-refractivity contribution in [3.63, 3.8) is 0 Å². The number of aromatic nitrogens is 1. The maximum Gasteiger partial charge on any atom is 0.0303 e. The van der Waals surface area contributed by atoms with Gasteiger partial charge in [0, 0.05) is 54.3 Å². The first-order valence-electron chi connectivity index (χ1n) is 4.17. The van der Waals surface area contributed by atoms with E-state index in [0.717, 1.165) is 0 Å². The molecule has 1 unspecified atom stereocenters. The molecule has 1 aromatic rings. The lowest BCUT2D eigenvalue weighted by Crippen LogP contribution is -2.05. The lowest BCUT2D eigenvalue weighted by atomic mass is 10.0. The minimum atomic E-state index is 0.704. The van der Waals surface area contributed by atoms with E-state index in [4.69, 9.17) is 0 Å². The van der Waals surface area contributed by atoms with Crippen LogP contribution >= 0.6 is 22.9 Å². The van der Waals surface area contributed by atoms with Gasteiger partial charge in [0.25, 0.3) is 0 Å². The second kappa shape index (κ2) is 3.70. The van der Waals surface area contributed by atoms with Gasteiger partial charge in [0.05, 0.1) is 0 Å². The van der Waals surface area contributed by atoms with E-state index in [9.17, 15) is 0 Å². The second-order valence-electron chi connectivity index (χ2n) is 3.14. The maximum atomic E-state index is 4.13. The highest BCUT2D eigenvalue weighted by atomic mass is 127. The molecule has 64 valence electrons. The average molecular weight is 274 g/mol. The monoisotopic (exact) mass is 274 g/mol. The van der Waals surface area contributed by atoms with Crippen LogP contribution in [0.2, 0.25) is 0 Å². The van der Waals surface area contributed by atoms with E-state index < -0.39 is 0 Å². The van der Waals surface area contributed by atoms with E-state index in [2.05, 4.69) is 37.0 Å². The molecular weight excluding hydrogens is 263 g/mol. The Morgan fingerprint density at radius 2 is 2.50 bits per heavy atom. The number of rotatable bonds is 1. The molecule has 3 heteroatoms. The number of nitrogens with zero attached hydrogens (tertiary/aromatic N) is 2. The molecule has 0 amide bonds. The molecular formula is C9H11IN2. The van der Waals surface area contributed by atoms with Crippen LogP contribution in [0.15, 0.2) is 24.5 Å². The number of hydrogen-bond acceptors (Lipinski definition) is 2. The zero-order valence-electron chi connectivity index (χ0n) is 6.78. The highest BCUT2D eigenvalue weighted by molar-refractivity contribution is 14.1. The summed E-state index contributed by atoms with van der Waals surface area (Å²) in [6, 6.07) is 4.19. The van der Waals surface area contributed by atoms with Gasteiger partial charge in [0.2, 0.25) is 0 Å². The highest BCUT2D eigenvalue weighted by Crippen LogP contribution is 2.27. The van der Waals surface area contributed by atoms with Crippen LogP contribution in [0.4, 0.5) is 0 Å². The van der Waals surface area contributed by atoms with Crippen molar-refractivity contribution in [3.05, 3.63) is 30.1 Å². The molecule has 0 bridgehead atoms. The van der Waals surface area contributed by atoms with Crippen LogP contribution in [0.3, 0.4) is 0 Å². The summed E-state index contributed by atoms with van der Waals surface area (Å²) < 4.78 is 2.34. The van der Waals surface area contributed by atoms with Gasteiger partial charge in [-0.25, -0.2) is 3.11 Å². The predicted octanol–water partition coefficient (Wildman–Crippen LogP) is 2.22. The highest BCUT2D eigenvalue weighted by Gasteiger charge is 2.21.